The van der Waals surface area contributed by atoms with Crippen molar-refractivity contribution in [3.63, 3.8) is 0 Å². The van der Waals surface area contributed by atoms with Crippen LogP contribution in [-0.2, 0) is 6.42 Å². The highest BCUT2D eigenvalue weighted by Crippen LogP contribution is 2.26. The Morgan fingerprint density at radius 1 is 1.37 bits per heavy atom. The number of halogens is 2. The summed E-state index contributed by atoms with van der Waals surface area (Å²) in [6.45, 7) is 4.20. The van der Waals surface area contributed by atoms with Crippen LogP contribution in [0.3, 0.4) is 0 Å². The van der Waals surface area contributed by atoms with Gasteiger partial charge in [-0.1, -0.05) is 13.0 Å². The van der Waals surface area contributed by atoms with Crippen molar-refractivity contribution in [1.82, 2.24) is 10.3 Å². The maximum Gasteiger partial charge on any atom is 0.133 e. The van der Waals surface area contributed by atoms with E-state index in [9.17, 15) is 8.78 Å². The largest absolute Gasteiger partial charge is 0.310 e. The number of aromatic nitrogens is 1. The van der Waals surface area contributed by atoms with E-state index in [1.165, 1.54) is 23.5 Å². The van der Waals surface area contributed by atoms with Crippen molar-refractivity contribution in [3.8, 4) is 0 Å². The van der Waals surface area contributed by atoms with E-state index in [0.717, 1.165) is 5.01 Å². The van der Waals surface area contributed by atoms with Gasteiger partial charge in [0.15, 0.2) is 0 Å². The standard InChI is InChI=1S/C14H16F2N2S/c1-3-17-11(8-12-18-6-7-19-12)13-10(15)5-4-9(2)14(13)16/h4-7,11,17H,3,8H2,1-2H3. The van der Waals surface area contributed by atoms with Crippen LogP contribution in [0.25, 0.3) is 0 Å². The van der Waals surface area contributed by atoms with Crippen LogP contribution in [0.1, 0.15) is 29.1 Å². The molecule has 0 fully saturated rings. The van der Waals surface area contributed by atoms with E-state index < -0.39 is 17.7 Å². The molecule has 19 heavy (non-hydrogen) atoms. The summed E-state index contributed by atoms with van der Waals surface area (Å²) in [7, 11) is 0. The minimum atomic E-state index is -0.509. The Bertz CT molecular complexity index is 541. The lowest BCUT2D eigenvalue weighted by Gasteiger charge is -2.19. The van der Waals surface area contributed by atoms with Crippen LogP contribution in [0.5, 0.6) is 0 Å². The average molecular weight is 282 g/mol. The van der Waals surface area contributed by atoms with Gasteiger partial charge >= 0.3 is 0 Å². The molecule has 2 rings (SSSR count). The predicted octanol–water partition coefficient (Wildman–Crippen LogP) is 3.62. The highest BCUT2D eigenvalue weighted by molar-refractivity contribution is 7.09. The zero-order chi connectivity index (χ0) is 13.8. The van der Waals surface area contributed by atoms with Gasteiger partial charge in [0.05, 0.1) is 5.01 Å². The third kappa shape index (κ3) is 3.16. The Morgan fingerprint density at radius 2 is 2.16 bits per heavy atom. The number of hydrogen-bond donors (Lipinski definition) is 1. The molecule has 0 saturated heterocycles. The summed E-state index contributed by atoms with van der Waals surface area (Å²) in [6, 6.07) is 2.39. The molecular formula is C14H16F2N2S. The summed E-state index contributed by atoms with van der Waals surface area (Å²) in [4.78, 5) is 4.18. The lowest BCUT2D eigenvalue weighted by atomic mass is 10.00. The van der Waals surface area contributed by atoms with Gasteiger partial charge in [0.2, 0.25) is 0 Å². The van der Waals surface area contributed by atoms with E-state index in [4.69, 9.17) is 0 Å². The van der Waals surface area contributed by atoms with Crippen molar-refractivity contribution < 1.29 is 8.78 Å². The van der Waals surface area contributed by atoms with E-state index in [1.807, 2.05) is 12.3 Å². The first-order valence-electron chi connectivity index (χ1n) is 6.19. The first-order valence-corrected chi connectivity index (χ1v) is 7.07. The van der Waals surface area contributed by atoms with Gasteiger partial charge in [0.25, 0.3) is 0 Å². The second-order valence-electron chi connectivity index (χ2n) is 4.33. The molecular weight excluding hydrogens is 266 g/mol. The fraction of sp³-hybridized carbons (Fsp3) is 0.357. The van der Waals surface area contributed by atoms with Crippen LogP contribution in [0.2, 0.25) is 0 Å². The molecule has 2 aromatic rings. The molecule has 0 spiro atoms. The molecule has 0 aliphatic rings. The van der Waals surface area contributed by atoms with E-state index in [-0.39, 0.29) is 5.56 Å². The minimum absolute atomic E-state index is 0.108. The van der Waals surface area contributed by atoms with Crippen molar-refractivity contribution >= 4 is 11.3 Å². The Balaban J connectivity index is 2.36. The highest BCUT2D eigenvalue weighted by atomic mass is 32.1. The van der Waals surface area contributed by atoms with Gasteiger partial charge < -0.3 is 5.32 Å². The third-order valence-electron chi connectivity index (χ3n) is 2.98. The lowest BCUT2D eigenvalue weighted by molar-refractivity contribution is 0.470. The lowest BCUT2D eigenvalue weighted by Crippen LogP contribution is -2.25. The number of hydrogen-bond acceptors (Lipinski definition) is 3. The van der Waals surface area contributed by atoms with Gasteiger partial charge in [-0.3, -0.25) is 0 Å². The number of aryl methyl sites for hydroxylation is 1. The van der Waals surface area contributed by atoms with Gasteiger partial charge in [0.1, 0.15) is 11.6 Å². The fourth-order valence-electron chi connectivity index (χ4n) is 2.05. The first-order chi connectivity index (χ1) is 9.13. The Hall–Kier alpha value is -1.33. The molecule has 2 nitrogen and oxygen atoms in total. The molecule has 1 atom stereocenters. The van der Waals surface area contributed by atoms with E-state index >= 15 is 0 Å². The summed E-state index contributed by atoms with van der Waals surface area (Å²) in [6.07, 6.45) is 2.19. The van der Waals surface area contributed by atoms with Gasteiger partial charge in [0, 0.05) is 29.6 Å². The third-order valence-corrected chi connectivity index (χ3v) is 3.78. The average Bonchev–Trinajstić information content (AvgIpc) is 2.87. The quantitative estimate of drug-likeness (QED) is 0.906. The Morgan fingerprint density at radius 3 is 2.79 bits per heavy atom. The highest BCUT2D eigenvalue weighted by Gasteiger charge is 2.22. The normalized spacial score (nSPS) is 12.6. The van der Waals surface area contributed by atoms with Gasteiger partial charge in [-0.15, -0.1) is 11.3 Å². The van der Waals surface area contributed by atoms with Gasteiger partial charge in [-0.05, 0) is 25.1 Å². The summed E-state index contributed by atoms with van der Waals surface area (Å²) in [5, 5.41) is 5.86. The molecule has 0 saturated carbocycles. The molecule has 0 aliphatic carbocycles. The van der Waals surface area contributed by atoms with Crippen molar-refractivity contribution in [3.05, 3.63) is 51.5 Å². The number of nitrogens with one attached hydrogen (secondary N) is 1. The summed E-state index contributed by atoms with van der Waals surface area (Å²) >= 11 is 1.49. The SMILES string of the molecule is CCNC(Cc1nccs1)c1c(F)ccc(C)c1F. The maximum absolute atomic E-state index is 14.2. The number of thiazole rings is 1. The molecule has 5 heteroatoms. The molecule has 1 heterocycles. The summed E-state index contributed by atoms with van der Waals surface area (Å²) < 4.78 is 28.1. The zero-order valence-electron chi connectivity index (χ0n) is 10.9. The topological polar surface area (TPSA) is 24.9 Å². The number of likely N-dealkylation sites (N-methyl/N-ethyl adjacent to an activating group) is 1. The molecule has 1 aromatic heterocycles. The Labute approximate surface area is 115 Å². The monoisotopic (exact) mass is 282 g/mol. The van der Waals surface area contributed by atoms with Gasteiger partial charge in [-0.2, -0.15) is 0 Å². The van der Waals surface area contributed by atoms with Crippen LogP contribution >= 0.6 is 11.3 Å². The molecule has 0 radical (unpaired) electrons. The molecule has 0 bridgehead atoms. The second-order valence-corrected chi connectivity index (χ2v) is 5.31. The van der Waals surface area contributed by atoms with Crippen molar-refractivity contribution in [2.24, 2.45) is 0 Å². The van der Waals surface area contributed by atoms with E-state index in [0.29, 0.717) is 18.5 Å². The van der Waals surface area contributed by atoms with Crippen LogP contribution in [0.4, 0.5) is 8.78 Å². The molecule has 0 amide bonds. The Kier molecular flexibility index (Phi) is 4.61. The van der Waals surface area contributed by atoms with Crippen molar-refractivity contribution in [1.29, 1.82) is 0 Å². The number of rotatable bonds is 5. The second kappa shape index (κ2) is 6.21. The first kappa shape index (κ1) is 14.1. The van der Waals surface area contributed by atoms with Crippen LogP contribution < -0.4 is 5.32 Å². The fourth-order valence-corrected chi connectivity index (χ4v) is 2.71. The predicted molar refractivity (Wildman–Crippen MR) is 73.3 cm³/mol. The van der Waals surface area contributed by atoms with Gasteiger partial charge in [-0.25, -0.2) is 13.8 Å². The molecule has 1 unspecified atom stereocenters. The number of benzene rings is 1. The molecule has 1 aromatic carbocycles. The van der Waals surface area contributed by atoms with Crippen molar-refractivity contribution in [2.45, 2.75) is 26.3 Å². The molecule has 1 N–H and O–H groups in total. The number of nitrogens with zero attached hydrogens (tertiary/aromatic N) is 1. The zero-order valence-corrected chi connectivity index (χ0v) is 11.7. The van der Waals surface area contributed by atoms with Crippen LogP contribution in [0.15, 0.2) is 23.7 Å². The molecule has 102 valence electrons. The van der Waals surface area contributed by atoms with E-state index in [2.05, 4.69) is 10.3 Å². The summed E-state index contributed by atoms with van der Waals surface area (Å²) in [5.74, 6) is -0.979. The van der Waals surface area contributed by atoms with Crippen molar-refractivity contribution in [2.75, 3.05) is 6.54 Å². The van der Waals surface area contributed by atoms with Crippen LogP contribution in [-0.4, -0.2) is 11.5 Å². The summed E-state index contributed by atoms with van der Waals surface area (Å²) in [5.41, 5.74) is 0.565. The molecule has 0 aliphatic heterocycles. The van der Waals surface area contributed by atoms with E-state index in [1.54, 1.807) is 13.1 Å². The smallest absolute Gasteiger partial charge is 0.133 e. The minimum Gasteiger partial charge on any atom is -0.310 e. The maximum atomic E-state index is 14.2. The van der Waals surface area contributed by atoms with Crippen LogP contribution in [0, 0.1) is 18.6 Å².